The van der Waals surface area contributed by atoms with Crippen LogP contribution in [0.5, 0.6) is 17.2 Å². The standard InChI is InChI=1S/C22H19Cl2F2N5O7S/c1-27-20(33)22(5-6-22)31(39(35)36)14-9-11(3-4-15(14)37-2)38-17-12(23)7-10(8-13(17)24)30-21(34)28-19(32)16(29-30)18(25)26/h3-4,7-9,18H,5-6H2,1-2H3,(H,27,33)(H,35,36)(H,28,32,34)/p-1. The fourth-order valence-electron chi connectivity index (χ4n) is 3.83. The fraction of sp³-hybridized carbons (Fsp3) is 0.273. The number of carbonyl (C=O) groups is 1. The van der Waals surface area contributed by atoms with E-state index in [1.807, 2.05) is 0 Å². The van der Waals surface area contributed by atoms with Crippen molar-refractivity contribution in [3.05, 3.63) is 66.9 Å². The van der Waals surface area contributed by atoms with E-state index in [1.165, 1.54) is 32.4 Å². The Morgan fingerprint density at radius 1 is 1.26 bits per heavy atom. The summed E-state index contributed by atoms with van der Waals surface area (Å²) in [5.41, 5.74) is -5.10. The van der Waals surface area contributed by atoms with Crippen LogP contribution in [0.15, 0.2) is 39.9 Å². The van der Waals surface area contributed by atoms with Gasteiger partial charge in [0, 0.05) is 24.4 Å². The number of methoxy groups -OCH3 is 1. The number of aromatic nitrogens is 3. The van der Waals surface area contributed by atoms with E-state index in [4.69, 9.17) is 32.7 Å². The van der Waals surface area contributed by atoms with Crippen LogP contribution in [0.25, 0.3) is 5.69 Å². The van der Waals surface area contributed by atoms with E-state index in [-0.39, 0.29) is 51.5 Å². The molecule has 1 heterocycles. The number of alkyl halides is 2. The minimum absolute atomic E-state index is 0.0109. The molecule has 0 saturated heterocycles. The molecule has 0 spiro atoms. The Kier molecular flexibility index (Phi) is 7.97. The summed E-state index contributed by atoms with van der Waals surface area (Å²) in [5, 5.41) is 5.50. The van der Waals surface area contributed by atoms with Crippen molar-refractivity contribution in [1.82, 2.24) is 20.1 Å². The zero-order valence-corrected chi connectivity index (χ0v) is 22.3. The topological polar surface area (TPSA) is 159 Å². The molecule has 0 bridgehead atoms. The largest absolute Gasteiger partial charge is 0.755 e. The molecular weight excluding hydrogens is 587 g/mol. The summed E-state index contributed by atoms with van der Waals surface area (Å²) in [6.07, 6.45) is -2.70. The number of anilines is 1. The number of ether oxygens (including phenoxy) is 2. The van der Waals surface area contributed by atoms with Gasteiger partial charge in [0.1, 0.15) is 17.0 Å². The van der Waals surface area contributed by atoms with Crippen LogP contribution < -0.4 is 30.3 Å². The van der Waals surface area contributed by atoms with Crippen molar-refractivity contribution in [2.75, 3.05) is 18.5 Å². The van der Waals surface area contributed by atoms with E-state index >= 15 is 0 Å². The van der Waals surface area contributed by atoms with Gasteiger partial charge in [0.15, 0.2) is 11.4 Å². The van der Waals surface area contributed by atoms with Gasteiger partial charge in [-0.2, -0.15) is 9.78 Å². The average molecular weight is 605 g/mol. The summed E-state index contributed by atoms with van der Waals surface area (Å²) in [7, 11) is 2.72. The van der Waals surface area contributed by atoms with E-state index in [1.54, 1.807) is 4.98 Å². The first kappa shape index (κ1) is 28.5. The Hall–Kier alpha value is -3.53. The lowest BCUT2D eigenvalue weighted by molar-refractivity contribution is -0.122. The van der Waals surface area contributed by atoms with Crippen molar-refractivity contribution >= 4 is 46.1 Å². The second-order valence-electron chi connectivity index (χ2n) is 8.15. The second kappa shape index (κ2) is 10.9. The molecule has 1 aliphatic carbocycles. The first-order valence-corrected chi connectivity index (χ1v) is 12.7. The van der Waals surface area contributed by atoms with Crippen LogP contribution in [0.4, 0.5) is 14.5 Å². The lowest BCUT2D eigenvalue weighted by Crippen LogP contribution is -2.49. The van der Waals surface area contributed by atoms with Gasteiger partial charge in [0.05, 0.1) is 28.5 Å². The molecule has 1 aliphatic rings. The predicted octanol–water partition coefficient (Wildman–Crippen LogP) is 2.85. The molecule has 12 nitrogen and oxygen atoms in total. The van der Waals surface area contributed by atoms with Gasteiger partial charge >= 0.3 is 5.69 Å². The molecule has 0 radical (unpaired) electrons. The number of nitrogens with zero attached hydrogens (tertiary/aromatic N) is 3. The maximum atomic E-state index is 13.1. The van der Waals surface area contributed by atoms with Crippen molar-refractivity contribution in [3.63, 3.8) is 0 Å². The Labute approximate surface area is 230 Å². The third-order valence-electron chi connectivity index (χ3n) is 5.79. The summed E-state index contributed by atoms with van der Waals surface area (Å²) in [4.78, 5) is 38.0. The minimum atomic E-state index is -3.25. The molecule has 208 valence electrons. The molecule has 1 aromatic heterocycles. The molecule has 0 aliphatic heterocycles. The average Bonchev–Trinajstić information content (AvgIpc) is 3.67. The van der Waals surface area contributed by atoms with Crippen molar-refractivity contribution in [1.29, 1.82) is 0 Å². The Morgan fingerprint density at radius 2 is 1.90 bits per heavy atom. The smallest absolute Gasteiger partial charge is 0.349 e. The molecule has 17 heteroatoms. The van der Waals surface area contributed by atoms with E-state index in [2.05, 4.69) is 10.4 Å². The number of amides is 1. The van der Waals surface area contributed by atoms with Gasteiger partial charge in [0.2, 0.25) is 5.91 Å². The number of halogens is 4. The number of benzene rings is 2. The zero-order valence-electron chi connectivity index (χ0n) is 20.0. The maximum absolute atomic E-state index is 13.1. The molecular formula is C22H18Cl2F2N5O7S-. The van der Waals surface area contributed by atoms with Crippen molar-refractivity contribution in [2.45, 2.75) is 24.8 Å². The fourth-order valence-corrected chi connectivity index (χ4v) is 5.24. The molecule has 1 amide bonds. The number of hydrogen-bond acceptors (Lipinski definition) is 8. The number of H-pyrrole nitrogens is 1. The summed E-state index contributed by atoms with van der Waals surface area (Å²) in [6.45, 7) is 0. The van der Waals surface area contributed by atoms with Gasteiger partial charge in [0.25, 0.3) is 12.0 Å². The normalized spacial score (nSPS) is 14.6. The molecule has 1 unspecified atom stereocenters. The van der Waals surface area contributed by atoms with E-state index in [9.17, 15) is 31.9 Å². The third kappa shape index (κ3) is 5.34. The van der Waals surface area contributed by atoms with Crippen LogP contribution in [-0.2, 0) is 16.1 Å². The van der Waals surface area contributed by atoms with E-state index < -0.39 is 46.1 Å². The SMILES string of the molecule is CNC(=O)C1(N(c2cc(Oc3c(Cl)cc(-n4nc(C(F)F)c(=O)[nH]c4=O)cc3Cl)ccc2OC)S(=O)[O-])CC1. The number of rotatable bonds is 9. The Morgan fingerprint density at radius 3 is 2.41 bits per heavy atom. The first-order chi connectivity index (χ1) is 18.4. The van der Waals surface area contributed by atoms with Crippen LogP contribution in [0.3, 0.4) is 0 Å². The van der Waals surface area contributed by atoms with Crippen LogP contribution in [0.1, 0.15) is 25.0 Å². The van der Waals surface area contributed by atoms with Crippen LogP contribution in [-0.4, -0.2) is 49.1 Å². The highest BCUT2D eigenvalue weighted by molar-refractivity contribution is 7.80. The minimum Gasteiger partial charge on any atom is -0.755 e. The molecule has 2 N–H and O–H groups in total. The zero-order chi connectivity index (χ0) is 28.6. The van der Waals surface area contributed by atoms with Gasteiger partial charge in [-0.3, -0.25) is 23.1 Å². The van der Waals surface area contributed by atoms with E-state index in [0.29, 0.717) is 4.68 Å². The monoisotopic (exact) mass is 604 g/mol. The molecule has 3 aromatic rings. The molecule has 1 atom stereocenters. The van der Waals surface area contributed by atoms with Gasteiger partial charge in [-0.15, -0.1) is 0 Å². The molecule has 4 rings (SSSR count). The summed E-state index contributed by atoms with van der Waals surface area (Å²) in [5.74, 6) is -0.452. The van der Waals surface area contributed by atoms with Crippen LogP contribution in [0, 0.1) is 0 Å². The van der Waals surface area contributed by atoms with Crippen LogP contribution >= 0.6 is 23.2 Å². The van der Waals surface area contributed by atoms with Crippen molar-refractivity contribution < 1.29 is 31.8 Å². The number of hydrogen-bond donors (Lipinski definition) is 2. The van der Waals surface area contributed by atoms with Gasteiger partial charge in [-0.25, -0.2) is 13.6 Å². The highest BCUT2D eigenvalue weighted by Crippen LogP contribution is 2.49. The number of carbonyl (C=O) groups excluding carboxylic acids is 1. The maximum Gasteiger partial charge on any atom is 0.349 e. The Balaban J connectivity index is 1.74. The highest BCUT2D eigenvalue weighted by Gasteiger charge is 2.56. The third-order valence-corrected chi connectivity index (χ3v) is 7.19. The quantitative estimate of drug-likeness (QED) is 0.353. The number of aromatic amines is 1. The molecule has 39 heavy (non-hydrogen) atoms. The van der Waals surface area contributed by atoms with Gasteiger partial charge in [-0.1, -0.05) is 23.2 Å². The predicted molar refractivity (Wildman–Crippen MR) is 136 cm³/mol. The number of nitrogens with one attached hydrogen (secondary N) is 2. The highest BCUT2D eigenvalue weighted by atomic mass is 35.5. The number of likely N-dealkylation sites (N-methyl/N-ethyl adjacent to an activating group) is 1. The summed E-state index contributed by atoms with van der Waals surface area (Å²) >= 11 is 9.76. The molecule has 1 fully saturated rings. The molecule has 1 saturated carbocycles. The van der Waals surface area contributed by atoms with Crippen molar-refractivity contribution in [2.24, 2.45) is 0 Å². The van der Waals surface area contributed by atoms with Crippen LogP contribution in [0.2, 0.25) is 10.0 Å². The molecule has 2 aromatic carbocycles. The Bertz CT molecular complexity index is 1570. The second-order valence-corrected chi connectivity index (χ2v) is 9.77. The summed E-state index contributed by atoms with van der Waals surface area (Å²) in [6, 6.07) is 6.42. The first-order valence-electron chi connectivity index (χ1n) is 10.9. The lowest BCUT2D eigenvalue weighted by Gasteiger charge is -2.34. The van der Waals surface area contributed by atoms with Crippen molar-refractivity contribution in [3.8, 4) is 22.9 Å². The summed E-state index contributed by atoms with van der Waals surface area (Å²) < 4.78 is 63.2. The van der Waals surface area contributed by atoms with Gasteiger partial charge < -0.3 is 19.3 Å². The van der Waals surface area contributed by atoms with E-state index in [0.717, 1.165) is 16.4 Å². The van der Waals surface area contributed by atoms with Gasteiger partial charge in [-0.05, 0) is 37.1 Å². The lowest BCUT2D eigenvalue weighted by atomic mass is 10.2.